The third-order valence-corrected chi connectivity index (χ3v) is 4.42. The molecule has 1 amide bonds. The molecule has 1 aliphatic rings. The molecule has 2 aromatic rings. The van der Waals surface area contributed by atoms with Gasteiger partial charge >= 0.3 is 0 Å². The van der Waals surface area contributed by atoms with Crippen LogP contribution in [-0.4, -0.2) is 59.6 Å². The van der Waals surface area contributed by atoms with Crippen LogP contribution in [0.1, 0.15) is 12.5 Å². The summed E-state index contributed by atoms with van der Waals surface area (Å²) in [6.45, 7) is 5.67. The smallest absolute Gasteiger partial charge is 0.227 e. The van der Waals surface area contributed by atoms with Crippen LogP contribution >= 0.6 is 0 Å². The summed E-state index contributed by atoms with van der Waals surface area (Å²) in [6, 6.07) is 14.5. The van der Waals surface area contributed by atoms with E-state index in [-0.39, 0.29) is 12.0 Å². The number of hydrogen-bond acceptors (Lipinski definition) is 3. The maximum absolute atomic E-state index is 12.5. The Kier molecular flexibility index (Phi) is 4.94. The Hall–Kier alpha value is -1.91. The molecular weight excluding hydrogens is 288 g/mol. The molecule has 1 aliphatic heterocycles. The van der Waals surface area contributed by atoms with E-state index in [1.165, 1.54) is 10.8 Å². The van der Waals surface area contributed by atoms with E-state index in [0.717, 1.165) is 31.7 Å². The zero-order chi connectivity index (χ0) is 16.2. The van der Waals surface area contributed by atoms with Gasteiger partial charge in [0, 0.05) is 32.7 Å². The number of fused-ring (bicyclic) bond motifs is 1. The first-order chi connectivity index (χ1) is 11.1. The molecule has 0 radical (unpaired) electrons. The first-order valence-corrected chi connectivity index (χ1v) is 8.28. The van der Waals surface area contributed by atoms with Crippen molar-refractivity contribution in [1.82, 2.24) is 9.80 Å². The fourth-order valence-corrected chi connectivity index (χ4v) is 3.19. The summed E-state index contributed by atoms with van der Waals surface area (Å²) < 4.78 is 0. The van der Waals surface area contributed by atoms with Gasteiger partial charge in [-0.3, -0.25) is 9.69 Å². The summed E-state index contributed by atoms with van der Waals surface area (Å²) in [4.78, 5) is 16.6. The first-order valence-electron chi connectivity index (χ1n) is 8.28. The van der Waals surface area contributed by atoms with Crippen molar-refractivity contribution in [3.05, 3.63) is 48.0 Å². The molecule has 4 nitrogen and oxygen atoms in total. The number of nitrogens with zero attached hydrogens (tertiary/aromatic N) is 2. The van der Waals surface area contributed by atoms with Gasteiger partial charge in [-0.15, -0.1) is 0 Å². The van der Waals surface area contributed by atoms with Crippen LogP contribution in [0.5, 0.6) is 0 Å². The number of aliphatic hydroxyl groups is 1. The largest absolute Gasteiger partial charge is 0.392 e. The quantitative estimate of drug-likeness (QED) is 0.938. The third kappa shape index (κ3) is 4.09. The molecule has 1 fully saturated rings. The van der Waals surface area contributed by atoms with Crippen LogP contribution in [0.3, 0.4) is 0 Å². The number of aliphatic hydroxyl groups excluding tert-OH is 1. The summed E-state index contributed by atoms with van der Waals surface area (Å²) in [6.07, 6.45) is 0.149. The van der Waals surface area contributed by atoms with E-state index in [2.05, 4.69) is 29.2 Å². The maximum Gasteiger partial charge on any atom is 0.227 e. The second kappa shape index (κ2) is 7.11. The van der Waals surface area contributed by atoms with Crippen molar-refractivity contribution < 1.29 is 9.90 Å². The van der Waals surface area contributed by atoms with Gasteiger partial charge < -0.3 is 10.0 Å². The van der Waals surface area contributed by atoms with E-state index >= 15 is 0 Å². The van der Waals surface area contributed by atoms with Crippen molar-refractivity contribution >= 4 is 16.7 Å². The van der Waals surface area contributed by atoms with E-state index in [4.69, 9.17) is 0 Å². The number of amides is 1. The number of carbonyl (C=O) groups excluding carboxylic acids is 1. The Bertz CT molecular complexity index is 676. The lowest BCUT2D eigenvalue weighted by molar-refractivity contribution is -0.132. The van der Waals surface area contributed by atoms with Crippen LogP contribution in [0.25, 0.3) is 10.8 Å². The number of benzene rings is 2. The van der Waals surface area contributed by atoms with Crippen LogP contribution in [0, 0.1) is 0 Å². The third-order valence-electron chi connectivity index (χ3n) is 4.42. The standard InChI is InChI=1S/C19H24N2O2/c1-15(22)14-20-8-10-21(11-9-20)19(23)13-16-6-7-17-4-2-3-5-18(17)12-16/h2-7,12,15,22H,8-11,13-14H2,1H3/t15-/m0/s1. The van der Waals surface area contributed by atoms with E-state index in [1.54, 1.807) is 6.92 Å². The molecule has 1 heterocycles. The molecule has 2 aromatic carbocycles. The fourth-order valence-electron chi connectivity index (χ4n) is 3.19. The van der Waals surface area contributed by atoms with Crippen molar-refractivity contribution in [2.45, 2.75) is 19.4 Å². The number of hydrogen-bond donors (Lipinski definition) is 1. The van der Waals surface area contributed by atoms with Crippen LogP contribution in [-0.2, 0) is 11.2 Å². The van der Waals surface area contributed by atoms with Gasteiger partial charge in [0.25, 0.3) is 0 Å². The molecule has 0 aromatic heterocycles. The molecule has 23 heavy (non-hydrogen) atoms. The molecule has 1 N–H and O–H groups in total. The minimum Gasteiger partial charge on any atom is -0.392 e. The molecule has 1 saturated heterocycles. The van der Waals surface area contributed by atoms with Crippen LogP contribution in [0.15, 0.2) is 42.5 Å². The van der Waals surface area contributed by atoms with Gasteiger partial charge in [0.15, 0.2) is 0 Å². The first kappa shape index (κ1) is 16.0. The Balaban J connectivity index is 1.58. The molecule has 4 heteroatoms. The Morgan fingerprint density at radius 3 is 2.48 bits per heavy atom. The number of piperazine rings is 1. The Morgan fingerprint density at radius 2 is 1.78 bits per heavy atom. The summed E-state index contributed by atoms with van der Waals surface area (Å²) in [5.41, 5.74) is 1.07. The molecule has 122 valence electrons. The minimum atomic E-state index is -0.310. The second-order valence-electron chi connectivity index (χ2n) is 6.39. The summed E-state index contributed by atoms with van der Waals surface area (Å²) >= 11 is 0. The zero-order valence-electron chi connectivity index (χ0n) is 13.6. The average Bonchev–Trinajstić information content (AvgIpc) is 2.55. The SMILES string of the molecule is C[C@H](O)CN1CCN(C(=O)Cc2ccc3ccccc3c2)CC1. The van der Waals surface area contributed by atoms with E-state index in [1.807, 2.05) is 23.1 Å². The van der Waals surface area contributed by atoms with Crippen molar-refractivity contribution in [3.63, 3.8) is 0 Å². The molecule has 0 spiro atoms. The predicted molar refractivity (Wildman–Crippen MR) is 92.4 cm³/mol. The highest BCUT2D eigenvalue weighted by Gasteiger charge is 2.21. The lowest BCUT2D eigenvalue weighted by atomic mass is 10.0. The van der Waals surface area contributed by atoms with Crippen molar-refractivity contribution in [3.8, 4) is 0 Å². The highest BCUT2D eigenvalue weighted by molar-refractivity contribution is 5.85. The topological polar surface area (TPSA) is 43.8 Å². The summed E-state index contributed by atoms with van der Waals surface area (Å²) in [5, 5.41) is 11.8. The van der Waals surface area contributed by atoms with Crippen molar-refractivity contribution in [2.24, 2.45) is 0 Å². The highest BCUT2D eigenvalue weighted by Crippen LogP contribution is 2.16. The summed E-state index contributed by atoms with van der Waals surface area (Å²) in [5.74, 6) is 0.192. The van der Waals surface area contributed by atoms with Crippen LogP contribution in [0.4, 0.5) is 0 Å². The molecule has 0 unspecified atom stereocenters. The van der Waals surface area contributed by atoms with Gasteiger partial charge in [0.2, 0.25) is 5.91 Å². The Morgan fingerprint density at radius 1 is 1.09 bits per heavy atom. The highest BCUT2D eigenvalue weighted by atomic mass is 16.3. The normalized spacial score (nSPS) is 17.4. The zero-order valence-corrected chi connectivity index (χ0v) is 13.6. The molecule has 0 saturated carbocycles. The molecule has 3 rings (SSSR count). The number of rotatable bonds is 4. The van der Waals surface area contributed by atoms with Crippen molar-refractivity contribution in [2.75, 3.05) is 32.7 Å². The van der Waals surface area contributed by atoms with Gasteiger partial charge in [-0.2, -0.15) is 0 Å². The van der Waals surface area contributed by atoms with Gasteiger partial charge in [-0.05, 0) is 23.3 Å². The van der Waals surface area contributed by atoms with Gasteiger partial charge in [-0.25, -0.2) is 0 Å². The molecule has 0 aliphatic carbocycles. The second-order valence-corrected chi connectivity index (χ2v) is 6.39. The average molecular weight is 312 g/mol. The maximum atomic E-state index is 12.5. The van der Waals surface area contributed by atoms with Gasteiger partial charge in [-0.1, -0.05) is 42.5 Å². The lowest BCUT2D eigenvalue weighted by Crippen LogP contribution is -2.50. The molecule has 1 atom stereocenters. The van der Waals surface area contributed by atoms with Crippen LogP contribution < -0.4 is 0 Å². The van der Waals surface area contributed by atoms with E-state index < -0.39 is 0 Å². The number of carbonyl (C=O) groups is 1. The van der Waals surface area contributed by atoms with Crippen LogP contribution in [0.2, 0.25) is 0 Å². The van der Waals surface area contributed by atoms with Gasteiger partial charge in [0.1, 0.15) is 0 Å². The number of β-amino-alcohol motifs (C(OH)–C–C–N with tert-alkyl or cyclic N) is 1. The van der Waals surface area contributed by atoms with E-state index in [9.17, 15) is 9.90 Å². The minimum absolute atomic E-state index is 0.192. The molecular formula is C19H24N2O2. The predicted octanol–water partition coefficient (Wildman–Crippen LogP) is 1.91. The fraction of sp³-hybridized carbons (Fsp3) is 0.421. The van der Waals surface area contributed by atoms with E-state index in [0.29, 0.717) is 13.0 Å². The molecule has 0 bridgehead atoms. The Labute approximate surface area is 137 Å². The lowest BCUT2D eigenvalue weighted by Gasteiger charge is -2.35. The monoisotopic (exact) mass is 312 g/mol. The van der Waals surface area contributed by atoms with Crippen molar-refractivity contribution in [1.29, 1.82) is 0 Å². The van der Waals surface area contributed by atoms with Gasteiger partial charge in [0.05, 0.1) is 12.5 Å². The summed E-state index contributed by atoms with van der Waals surface area (Å²) in [7, 11) is 0.